The van der Waals surface area contributed by atoms with Crippen molar-refractivity contribution in [2.75, 3.05) is 19.8 Å². The van der Waals surface area contributed by atoms with Gasteiger partial charge >= 0.3 is 5.97 Å². The van der Waals surface area contributed by atoms with Crippen molar-refractivity contribution < 1.29 is 49.3 Å². The minimum Gasteiger partial charge on any atom is -0.466 e. The van der Waals surface area contributed by atoms with E-state index in [1.54, 1.807) is 6.08 Å². The third-order valence-corrected chi connectivity index (χ3v) is 15.6. The van der Waals surface area contributed by atoms with Gasteiger partial charge in [0.2, 0.25) is 5.91 Å². The van der Waals surface area contributed by atoms with Crippen molar-refractivity contribution in [1.82, 2.24) is 5.32 Å². The molecule has 11 heteroatoms. The van der Waals surface area contributed by atoms with Crippen molar-refractivity contribution in [3.05, 3.63) is 60.8 Å². The fourth-order valence-corrected chi connectivity index (χ4v) is 10.2. The van der Waals surface area contributed by atoms with E-state index in [0.717, 1.165) is 64.2 Å². The Hall–Kier alpha value is -2.64. The largest absolute Gasteiger partial charge is 0.466 e. The number of rotatable bonds is 58. The number of amides is 1. The maximum Gasteiger partial charge on any atom is 0.305 e. The van der Waals surface area contributed by atoms with Crippen molar-refractivity contribution in [1.29, 1.82) is 0 Å². The predicted molar refractivity (Wildman–Crippen MR) is 333 cm³/mol. The number of ether oxygens (including phenoxy) is 3. The summed E-state index contributed by atoms with van der Waals surface area (Å²) in [5, 5.41) is 54.2. The van der Waals surface area contributed by atoms with Gasteiger partial charge in [0.25, 0.3) is 0 Å². The van der Waals surface area contributed by atoms with E-state index in [1.807, 2.05) is 6.08 Å². The molecule has 0 aliphatic carbocycles. The third kappa shape index (κ3) is 46.8. The molecule has 0 spiro atoms. The molecular weight excluding hydrogens is 1000 g/mol. The van der Waals surface area contributed by atoms with Gasteiger partial charge < -0.3 is 45.1 Å². The average Bonchev–Trinajstić information content (AvgIpc) is 3.45. The molecule has 1 amide bonds. The van der Waals surface area contributed by atoms with Crippen LogP contribution in [0.15, 0.2) is 60.8 Å². The lowest BCUT2D eigenvalue weighted by atomic mass is 9.99. The Bertz CT molecular complexity index is 1510. The van der Waals surface area contributed by atoms with Crippen LogP contribution < -0.4 is 5.32 Å². The summed E-state index contributed by atoms with van der Waals surface area (Å²) in [6.07, 6.45) is 66.6. The second-order valence-corrected chi connectivity index (χ2v) is 23.2. The summed E-state index contributed by atoms with van der Waals surface area (Å²) >= 11 is 0. The Kier molecular flexibility index (Phi) is 54.8. The molecule has 1 fully saturated rings. The molecule has 6 N–H and O–H groups in total. The fraction of sp³-hybridized carbons (Fsp3) is 0.826. The Morgan fingerprint density at radius 3 is 1.36 bits per heavy atom. The summed E-state index contributed by atoms with van der Waals surface area (Å²) in [4.78, 5) is 25.0. The lowest BCUT2D eigenvalue weighted by Crippen LogP contribution is -2.60. The van der Waals surface area contributed by atoms with Gasteiger partial charge in [0.05, 0.1) is 32.0 Å². The Balaban J connectivity index is 1.93. The van der Waals surface area contributed by atoms with Crippen LogP contribution in [0.3, 0.4) is 0 Å². The summed E-state index contributed by atoms with van der Waals surface area (Å²) < 4.78 is 16.7. The maximum atomic E-state index is 13.0. The number of carbonyl (C=O) groups excluding carboxylic acids is 2. The molecule has 0 aromatic heterocycles. The van der Waals surface area contributed by atoms with E-state index in [-0.39, 0.29) is 18.5 Å². The van der Waals surface area contributed by atoms with Crippen LogP contribution in [0.25, 0.3) is 0 Å². The number of nitrogens with one attached hydrogen (secondary N) is 1. The summed E-state index contributed by atoms with van der Waals surface area (Å²) in [5.41, 5.74) is 0. The van der Waals surface area contributed by atoms with Crippen molar-refractivity contribution in [2.45, 2.75) is 346 Å². The molecule has 1 saturated heterocycles. The quantitative estimate of drug-likeness (QED) is 0.0195. The van der Waals surface area contributed by atoms with Crippen LogP contribution in [-0.4, -0.2) is 100 Å². The molecule has 11 nitrogen and oxygen atoms in total. The van der Waals surface area contributed by atoms with Crippen LogP contribution in [0.2, 0.25) is 0 Å². The zero-order valence-electron chi connectivity index (χ0n) is 51.5. The number of carbonyl (C=O) groups is 2. The van der Waals surface area contributed by atoms with Crippen LogP contribution in [0.4, 0.5) is 0 Å². The molecule has 80 heavy (non-hydrogen) atoms. The molecular formula is C69H125NO10. The first-order chi connectivity index (χ1) is 39.2. The monoisotopic (exact) mass is 1130 g/mol. The average molecular weight is 1130 g/mol. The fourth-order valence-electron chi connectivity index (χ4n) is 10.2. The van der Waals surface area contributed by atoms with Gasteiger partial charge in [0, 0.05) is 12.8 Å². The first-order valence-corrected chi connectivity index (χ1v) is 33.6. The van der Waals surface area contributed by atoms with E-state index < -0.39 is 49.5 Å². The molecule has 0 saturated carbocycles. The summed E-state index contributed by atoms with van der Waals surface area (Å²) in [6, 6.07) is -0.826. The van der Waals surface area contributed by atoms with Crippen molar-refractivity contribution in [3.8, 4) is 0 Å². The summed E-state index contributed by atoms with van der Waals surface area (Å²) in [5.74, 6) is -0.200. The molecule has 466 valence electrons. The number of hydrogen-bond acceptors (Lipinski definition) is 10. The molecule has 0 bridgehead atoms. The highest BCUT2D eigenvalue weighted by Gasteiger charge is 2.44. The number of allylic oxidation sites excluding steroid dienone is 9. The first-order valence-electron chi connectivity index (χ1n) is 33.6. The number of hydrogen-bond donors (Lipinski definition) is 6. The van der Waals surface area contributed by atoms with E-state index in [4.69, 9.17) is 14.2 Å². The zero-order chi connectivity index (χ0) is 58.0. The molecule has 7 unspecified atom stereocenters. The predicted octanol–water partition coefficient (Wildman–Crippen LogP) is 16.6. The normalized spacial score (nSPS) is 18.7. The van der Waals surface area contributed by atoms with Crippen LogP contribution >= 0.6 is 0 Å². The molecule has 0 radical (unpaired) electrons. The maximum absolute atomic E-state index is 13.0. The minimum absolute atomic E-state index is 0.00740. The van der Waals surface area contributed by atoms with Crippen LogP contribution in [-0.2, 0) is 23.8 Å². The van der Waals surface area contributed by atoms with Gasteiger partial charge in [0.15, 0.2) is 6.29 Å². The second kappa shape index (κ2) is 58.1. The molecule has 0 aromatic rings. The first kappa shape index (κ1) is 75.4. The summed E-state index contributed by atoms with van der Waals surface area (Å²) in [7, 11) is 0. The highest BCUT2D eigenvalue weighted by atomic mass is 16.7. The van der Waals surface area contributed by atoms with E-state index in [2.05, 4.69) is 67.8 Å². The number of esters is 1. The number of aliphatic hydroxyl groups excluding tert-OH is 5. The molecule has 1 heterocycles. The second-order valence-electron chi connectivity index (χ2n) is 23.2. The Labute approximate surface area is 490 Å². The third-order valence-electron chi connectivity index (χ3n) is 15.6. The Morgan fingerprint density at radius 2 is 0.875 bits per heavy atom. The van der Waals surface area contributed by atoms with E-state index in [9.17, 15) is 35.1 Å². The highest BCUT2D eigenvalue weighted by Crippen LogP contribution is 2.23. The van der Waals surface area contributed by atoms with Crippen LogP contribution in [0.1, 0.15) is 303 Å². The molecule has 1 aliphatic heterocycles. The van der Waals surface area contributed by atoms with E-state index in [1.165, 1.54) is 212 Å². The summed E-state index contributed by atoms with van der Waals surface area (Å²) in [6.45, 7) is 4.22. The molecule has 1 aliphatic rings. The number of aliphatic hydroxyl groups is 5. The highest BCUT2D eigenvalue weighted by molar-refractivity contribution is 5.76. The lowest BCUT2D eigenvalue weighted by Gasteiger charge is -2.40. The van der Waals surface area contributed by atoms with E-state index in [0.29, 0.717) is 19.4 Å². The van der Waals surface area contributed by atoms with Gasteiger partial charge in [-0.2, -0.15) is 0 Å². The molecule has 7 atom stereocenters. The molecule has 0 aromatic carbocycles. The van der Waals surface area contributed by atoms with Gasteiger partial charge in [-0.1, -0.05) is 254 Å². The topological polar surface area (TPSA) is 175 Å². The van der Waals surface area contributed by atoms with Gasteiger partial charge in [-0.15, -0.1) is 0 Å². The Morgan fingerprint density at radius 1 is 0.463 bits per heavy atom. The standard InChI is InChI=1S/C69H125NO10/c1-3-5-7-9-11-13-14-33-37-41-45-49-53-57-65(74)78-58-54-50-46-42-38-35-32-30-28-26-24-22-20-18-16-15-17-19-21-23-25-27-29-31-34-36-40-44-48-52-56-64(73)70-61(62(72)55-51-47-43-39-12-10-8-6-4-2)60-79-69-68(77)67(76)66(75)63(59-71)80-69/h7,9,12-14,16,18,39,51,55,61-63,66-69,71-72,75-77H,3-6,8,10-11,15,17,19-38,40-50,52-54,56-60H2,1-2H3,(H,70,73)/b9-7-,14-13-,18-16-,39-12+,55-51+. The van der Waals surface area contributed by atoms with Gasteiger partial charge in [-0.3, -0.25) is 9.59 Å². The smallest absolute Gasteiger partial charge is 0.305 e. The SMILES string of the molecule is CCC/C=C\C/C=C\CCCCCCCC(=O)OCCCCCCCCCCCCCC/C=C\CCCCCCCCCCCCCCCCC(=O)NC(COC1OC(CO)C(O)C(O)C1O)C(O)/C=C/CC/C=C/CCCCC. The van der Waals surface area contributed by atoms with Gasteiger partial charge in [0.1, 0.15) is 24.4 Å². The van der Waals surface area contributed by atoms with Crippen molar-refractivity contribution in [3.63, 3.8) is 0 Å². The van der Waals surface area contributed by atoms with Crippen LogP contribution in [0, 0.1) is 0 Å². The number of unbranched alkanes of at least 4 members (excludes halogenated alkanes) is 36. The molecule has 1 rings (SSSR count). The van der Waals surface area contributed by atoms with E-state index >= 15 is 0 Å². The van der Waals surface area contributed by atoms with Crippen molar-refractivity contribution in [2.24, 2.45) is 0 Å². The van der Waals surface area contributed by atoms with Crippen LogP contribution in [0.5, 0.6) is 0 Å². The lowest BCUT2D eigenvalue weighted by molar-refractivity contribution is -0.302. The van der Waals surface area contributed by atoms with Gasteiger partial charge in [-0.25, -0.2) is 0 Å². The van der Waals surface area contributed by atoms with Gasteiger partial charge in [-0.05, 0) is 96.3 Å². The minimum atomic E-state index is -1.58. The van der Waals surface area contributed by atoms with Crippen molar-refractivity contribution >= 4 is 11.9 Å². The zero-order valence-corrected chi connectivity index (χ0v) is 51.5.